The number of pyridine rings is 1. The summed E-state index contributed by atoms with van der Waals surface area (Å²) in [6.07, 6.45) is -3.69. The summed E-state index contributed by atoms with van der Waals surface area (Å²) in [5, 5.41) is 10.3. The molecule has 0 aliphatic carbocycles. The van der Waals surface area contributed by atoms with E-state index in [9.17, 15) is 18.0 Å². The maximum atomic E-state index is 12.9. The van der Waals surface area contributed by atoms with Gasteiger partial charge < -0.3 is 5.32 Å². The molecule has 0 saturated carbocycles. The minimum atomic E-state index is -4.55. The van der Waals surface area contributed by atoms with E-state index in [0.29, 0.717) is 5.69 Å². The number of aromatic nitrogens is 3. The Kier molecular flexibility index (Phi) is 5.10. The lowest BCUT2D eigenvalue weighted by molar-refractivity contribution is -0.137. The largest absolute Gasteiger partial charge is 0.417 e. The van der Waals surface area contributed by atoms with E-state index in [4.69, 9.17) is 11.6 Å². The van der Waals surface area contributed by atoms with Crippen molar-refractivity contribution in [1.29, 1.82) is 0 Å². The van der Waals surface area contributed by atoms with Gasteiger partial charge in [0.15, 0.2) is 10.8 Å². The van der Waals surface area contributed by atoms with E-state index in [0.717, 1.165) is 34.0 Å². The number of amides is 1. The van der Waals surface area contributed by atoms with Crippen LogP contribution < -0.4 is 5.32 Å². The molecule has 5 nitrogen and oxygen atoms in total. The van der Waals surface area contributed by atoms with Crippen molar-refractivity contribution in [2.45, 2.75) is 18.3 Å². The summed E-state index contributed by atoms with van der Waals surface area (Å²) in [6.45, 7) is 1.93. The molecule has 0 spiro atoms. The normalized spacial score (nSPS) is 11.7. The Bertz CT molecular complexity index is 957. The highest BCUT2D eigenvalue weighted by molar-refractivity contribution is 7.99. The lowest BCUT2D eigenvalue weighted by Crippen LogP contribution is -2.14. The molecule has 0 radical (unpaired) electrons. The minimum absolute atomic E-state index is 0.0392. The zero-order valence-corrected chi connectivity index (χ0v) is 14.9. The molecule has 0 saturated heterocycles. The van der Waals surface area contributed by atoms with Gasteiger partial charge >= 0.3 is 6.18 Å². The predicted molar refractivity (Wildman–Crippen MR) is 93.5 cm³/mol. The number of hydrogen-bond acceptors (Lipinski definition) is 4. The third-order valence-electron chi connectivity index (χ3n) is 3.42. The number of hydrogen-bond donors (Lipinski definition) is 1. The van der Waals surface area contributed by atoms with E-state index in [2.05, 4.69) is 15.5 Å². The predicted octanol–water partition coefficient (Wildman–Crippen LogP) is 4.44. The van der Waals surface area contributed by atoms with E-state index >= 15 is 0 Å². The van der Waals surface area contributed by atoms with Crippen LogP contribution in [0.25, 0.3) is 5.65 Å². The summed E-state index contributed by atoms with van der Waals surface area (Å²) in [5.41, 5.74) is 0.876. The van der Waals surface area contributed by atoms with Gasteiger partial charge in [-0.2, -0.15) is 13.2 Å². The van der Waals surface area contributed by atoms with Crippen LogP contribution in [-0.4, -0.2) is 26.3 Å². The molecule has 0 aliphatic heterocycles. The Hall–Kier alpha value is -2.26. The number of benzene rings is 1. The molecule has 10 heteroatoms. The number of halogens is 4. The SMILES string of the molecule is Cc1ccc(NC(=O)CSc2nnc3c(Cl)cc(C(F)(F)F)cn23)cc1. The first-order chi connectivity index (χ1) is 12.2. The van der Waals surface area contributed by atoms with Crippen LogP contribution in [0.1, 0.15) is 11.1 Å². The first-order valence-corrected chi connectivity index (χ1v) is 8.71. The monoisotopic (exact) mass is 400 g/mol. The highest BCUT2D eigenvalue weighted by Crippen LogP contribution is 2.33. The van der Waals surface area contributed by atoms with Crippen LogP contribution in [0.4, 0.5) is 18.9 Å². The fourth-order valence-corrected chi connectivity index (χ4v) is 3.11. The maximum Gasteiger partial charge on any atom is 0.417 e. The van der Waals surface area contributed by atoms with Crippen molar-refractivity contribution < 1.29 is 18.0 Å². The van der Waals surface area contributed by atoms with Gasteiger partial charge in [0, 0.05) is 11.9 Å². The van der Waals surface area contributed by atoms with Gasteiger partial charge in [-0.1, -0.05) is 41.1 Å². The molecule has 3 rings (SSSR count). The van der Waals surface area contributed by atoms with Crippen LogP contribution in [0.2, 0.25) is 5.02 Å². The van der Waals surface area contributed by atoms with Crippen molar-refractivity contribution in [3.05, 3.63) is 52.7 Å². The second-order valence-corrected chi connectivity index (χ2v) is 6.80. The number of rotatable bonds is 4. The van der Waals surface area contributed by atoms with Gasteiger partial charge in [-0.25, -0.2) is 0 Å². The fraction of sp³-hybridized carbons (Fsp3) is 0.188. The van der Waals surface area contributed by atoms with Gasteiger partial charge in [-0.3, -0.25) is 9.20 Å². The third-order valence-corrected chi connectivity index (χ3v) is 4.64. The standard InChI is InChI=1S/C16H12ClF3N4OS/c1-9-2-4-11(5-3-9)21-13(25)8-26-15-23-22-14-12(17)6-10(7-24(14)15)16(18,19)20/h2-7H,8H2,1H3,(H,21,25). The van der Waals surface area contributed by atoms with Crippen LogP contribution >= 0.6 is 23.4 Å². The molecule has 2 heterocycles. The Labute approximate surface area is 155 Å². The topological polar surface area (TPSA) is 59.3 Å². The second kappa shape index (κ2) is 7.16. The third kappa shape index (κ3) is 4.10. The summed E-state index contributed by atoms with van der Waals surface area (Å²) in [7, 11) is 0. The van der Waals surface area contributed by atoms with Gasteiger partial charge in [0.2, 0.25) is 5.91 Å². The molecule has 0 aliphatic rings. The van der Waals surface area contributed by atoms with Crippen molar-refractivity contribution in [3.63, 3.8) is 0 Å². The second-order valence-electron chi connectivity index (χ2n) is 5.45. The molecular weight excluding hydrogens is 389 g/mol. The lowest BCUT2D eigenvalue weighted by Gasteiger charge is -2.09. The van der Waals surface area contributed by atoms with Crippen LogP contribution in [0, 0.1) is 6.92 Å². The molecule has 2 aromatic heterocycles. The van der Waals surface area contributed by atoms with Crippen molar-refractivity contribution in [1.82, 2.24) is 14.6 Å². The number of alkyl halides is 3. The number of nitrogens with one attached hydrogen (secondary N) is 1. The molecule has 1 amide bonds. The zero-order chi connectivity index (χ0) is 18.9. The summed E-state index contributed by atoms with van der Waals surface area (Å²) in [5.74, 6) is -0.351. The van der Waals surface area contributed by atoms with E-state index in [1.807, 2.05) is 19.1 Å². The van der Waals surface area contributed by atoms with Gasteiger partial charge in [-0.15, -0.1) is 10.2 Å². The smallest absolute Gasteiger partial charge is 0.325 e. The van der Waals surface area contributed by atoms with Crippen LogP contribution in [0.5, 0.6) is 0 Å². The molecule has 0 bridgehead atoms. The zero-order valence-electron chi connectivity index (χ0n) is 13.3. The van der Waals surface area contributed by atoms with Crippen molar-refractivity contribution in [2.75, 3.05) is 11.1 Å². The molecule has 136 valence electrons. The van der Waals surface area contributed by atoms with Gasteiger partial charge in [-0.05, 0) is 25.1 Å². The maximum absolute atomic E-state index is 12.9. The molecule has 3 aromatic rings. The molecule has 0 unspecified atom stereocenters. The Balaban J connectivity index is 1.75. The quantitative estimate of drug-likeness (QED) is 0.658. The number of carbonyl (C=O) groups excluding carboxylic acids is 1. The lowest BCUT2D eigenvalue weighted by atomic mass is 10.2. The van der Waals surface area contributed by atoms with E-state index < -0.39 is 11.7 Å². The first-order valence-electron chi connectivity index (χ1n) is 7.35. The average Bonchev–Trinajstić information content (AvgIpc) is 2.98. The van der Waals surface area contributed by atoms with Crippen LogP contribution in [-0.2, 0) is 11.0 Å². The van der Waals surface area contributed by atoms with Gasteiger partial charge in [0.05, 0.1) is 16.3 Å². The van der Waals surface area contributed by atoms with E-state index in [1.54, 1.807) is 12.1 Å². The number of fused-ring (bicyclic) bond motifs is 1. The summed E-state index contributed by atoms with van der Waals surface area (Å²) in [6, 6.07) is 8.04. The summed E-state index contributed by atoms with van der Waals surface area (Å²) in [4.78, 5) is 12.0. The number of anilines is 1. The van der Waals surface area contributed by atoms with Gasteiger partial charge in [0.1, 0.15) is 0 Å². The Morgan fingerprint density at radius 2 is 1.96 bits per heavy atom. The highest BCUT2D eigenvalue weighted by atomic mass is 35.5. The molecule has 0 fully saturated rings. The minimum Gasteiger partial charge on any atom is -0.325 e. The van der Waals surface area contributed by atoms with Crippen LogP contribution in [0.15, 0.2) is 41.7 Å². The summed E-state index contributed by atoms with van der Waals surface area (Å²) < 4.78 is 39.9. The van der Waals surface area contributed by atoms with Crippen molar-refractivity contribution in [3.8, 4) is 0 Å². The van der Waals surface area contributed by atoms with E-state index in [-0.39, 0.29) is 27.5 Å². The van der Waals surface area contributed by atoms with E-state index in [1.165, 1.54) is 0 Å². The molecule has 1 N–H and O–H groups in total. The Morgan fingerprint density at radius 3 is 2.62 bits per heavy atom. The highest BCUT2D eigenvalue weighted by Gasteiger charge is 2.32. The first kappa shape index (κ1) is 18.5. The molecular formula is C16H12ClF3N4OS. The number of aryl methyl sites for hydroxylation is 1. The molecule has 0 atom stereocenters. The molecule has 1 aromatic carbocycles. The summed E-state index contributed by atoms with van der Waals surface area (Å²) >= 11 is 6.82. The van der Waals surface area contributed by atoms with Crippen molar-refractivity contribution >= 4 is 40.6 Å². The molecule has 26 heavy (non-hydrogen) atoms. The number of carbonyl (C=O) groups is 1. The average molecular weight is 401 g/mol. The van der Waals surface area contributed by atoms with Crippen LogP contribution in [0.3, 0.4) is 0 Å². The van der Waals surface area contributed by atoms with Gasteiger partial charge in [0.25, 0.3) is 0 Å². The number of thioether (sulfide) groups is 1. The number of nitrogens with zero attached hydrogens (tertiary/aromatic N) is 3. The van der Waals surface area contributed by atoms with Crippen molar-refractivity contribution in [2.24, 2.45) is 0 Å². The fourth-order valence-electron chi connectivity index (χ4n) is 2.15. The Morgan fingerprint density at radius 1 is 1.27 bits per heavy atom.